The Morgan fingerprint density at radius 1 is 1.06 bits per heavy atom. The molecular formula is C22H28N4O6. The lowest BCUT2D eigenvalue weighted by Crippen LogP contribution is -2.41. The Morgan fingerprint density at radius 2 is 1.84 bits per heavy atom. The van der Waals surface area contributed by atoms with Gasteiger partial charge < -0.3 is 24.0 Å². The number of ether oxygens (including phenoxy) is 2. The van der Waals surface area contributed by atoms with Crippen molar-refractivity contribution in [1.82, 2.24) is 19.9 Å². The first kappa shape index (κ1) is 22.1. The van der Waals surface area contributed by atoms with Crippen LogP contribution >= 0.6 is 0 Å². The predicted octanol–water partition coefficient (Wildman–Crippen LogP) is 3.59. The summed E-state index contributed by atoms with van der Waals surface area (Å²) in [5.74, 6) is 0.724. The zero-order chi connectivity index (χ0) is 22.3. The fraction of sp³-hybridized carbons (Fsp3) is 0.545. The molecule has 0 unspecified atom stereocenters. The minimum atomic E-state index is -0.966. The summed E-state index contributed by atoms with van der Waals surface area (Å²) in [4.78, 5) is 31.1. The third-order valence-electron chi connectivity index (χ3n) is 5.88. The van der Waals surface area contributed by atoms with Gasteiger partial charge in [0.15, 0.2) is 5.82 Å². The van der Waals surface area contributed by atoms with E-state index in [2.05, 4.69) is 10.1 Å². The average Bonchev–Trinajstić information content (AvgIpc) is 3.31. The van der Waals surface area contributed by atoms with Crippen LogP contribution in [0.25, 0.3) is 0 Å². The van der Waals surface area contributed by atoms with Crippen LogP contribution in [0.15, 0.2) is 34.9 Å². The van der Waals surface area contributed by atoms with E-state index < -0.39 is 6.09 Å². The number of carbonyl (C=O) groups is 2. The molecule has 10 nitrogen and oxygen atoms in total. The van der Waals surface area contributed by atoms with Crippen LogP contribution in [0.3, 0.4) is 0 Å². The number of amides is 2. The molecule has 2 aromatic rings. The van der Waals surface area contributed by atoms with Crippen LogP contribution in [0.4, 0.5) is 9.59 Å². The fourth-order valence-corrected chi connectivity index (χ4v) is 4.10. The van der Waals surface area contributed by atoms with Gasteiger partial charge in [-0.25, -0.2) is 9.59 Å². The summed E-state index contributed by atoms with van der Waals surface area (Å²) in [6, 6.07) is 9.22. The van der Waals surface area contributed by atoms with Crippen molar-refractivity contribution >= 4 is 12.2 Å². The van der Waals surface area contributed by atoms with Gasteiger partial charge in [-0.05, 0) is 37.7 Å². The van der Waals surface area contributed by atoms with E-state index in [9.17, 15) is 14.7 Å². The number of piperidine rings is 2. The van der Waals surface area contributed by atoms with Gasteiger partial charge in [-0.2, -0.15) is 4.98 Å². The quantitative estimate of drug-likeness (QED) is 0.718. The van der Waals surface area contributed by atoms with E-state index in [1.165, 1.54) is 4.90 Å². The number of likely N-dealkylation sites (tertiary alicyclic amines) is 2. The first-order valence-electron chi connectivity index (χ1n) is 11.0. The third kappa shape index (κ3) is 5.56. The maximum absolute atomic E-state index is 12.3. The Morgan fingerprint density at radius 3 is 2.59 bits per heavy atom. The summed E-state index contributed by atoms with van der Waals surface area (Å²) < 4.78 is 16.6. The molecule has 2 saturated heterocycles. The van der Waals surface area contributed by atoms with E-state index in [0.717, 1.165) is 18.4 Å². The highest BCUT2D eigenvalue weighted by Crippen LogP contribution is 2.29. The average molecular weight is 444 g/mol. The van der Waals surface area contributed by atoms with Crippen LogP contribution in [0.5, 0.6) is 0 Å². The molecule has 1 atom stereocenters. The van der Waals surface area contributed by atoms with E-state index >= 15 is 0 Å². The van der Waals surface area contributed by atoms with Crippen molar-refractivity contribution in [2.24, 2.45) is 0 Å². The lowest BCUT2D eigenvalue weighted by Gasteiger charge is -2.31. The molecule has 1 N–H and O–H groups in total. The number of hydrogen-bond donors (Lipinski definition) is 1. The van der Waals surface area contributed by atoms with Gasteiger partial charge in [-0.1, -0.05) is 35.5 Å². The number of carbonyl (C=O) groups excluding carboxylic acids is 1. The van der Waals surface area contributed by atoms with Crippen molar-refractivity contribution in [3.05, 3.63) is 47.6 Å². The van der Waals surface area contributed by atoms with Crippen molar-refractivity contribution in [2.45, 2.75) is 57.5 Å². The predicted molar refractivity (Wildman–Crippen MR) is 112 cm³/mol. The van der Waals surface area contributed by atoms with E-state index in [1.54, 1.807) is 4.90 Å². The molecule has 0 bridgehead atoms. The van der Waals surface area contributed by atoms with E-state index in [4.69, 9.17) is 14.0 Å². The molecule has 1 aromatic carbocycles. The molecule has 2 aliphatic rings. The van der Waals surface area contributed by atoms with Gasteiger partial charge >= 0.3 is 12.2 Å². The van der Waals surface area contributed by atoms with Crippen LogP contribution in [0, 0.1) is 0 Å². The molecule has 2 fully saturated rings. The summed E-state index contributed by atoms with van der Waals surface area (Å²) in [5, 5.41) is 13.4. The van der Waals surface area contributed by atoms with Crippen molar-refractivity contribution in [2.75, 3.05) is 19.6 Å². The molecule has 2 amide bonds. The fourth-order valence-electron chi connectivity index (χ4n) is 4.10. The molecule has 0 aliphatic carbocycles. The highest BCUT2D eigenvalue weighted by atomic mass is 16.6. The summed E-state index contributed by atoms with van der Waals surface area (Å²) in [6.07, 6.45) is 2.54. The van der Waals surface area contributed by atoms with Crippen LogP contribution < -0.4 is 0 Å². The number of rotatable bonds is 6. The number of hydrogen-bond acceptors (Lipinski definition) is 7. The Hall–Kier alpha value is -3.14. The molecule has 3 heterocycles. The maximum atomic E-state index is 12.3. The second kappa shape index (κ2) is 10.4. The number of carboxylic acid groups (broad SMARTS) is 1. The largest absolute Gasteiger partial charge is 0.465 e. The minimum absolute atomic E-state index is 0.0197. The normalized spacial score (nSPS) is 19.7. The molecule has 1 aromatic heterocycles. The molecule has 32 heavy (non-hydrogen) atoms. The second-order valence-electron chi connectivity index (χ2n) is 8.07. The van der Waals surface area contributed by atoms with Gasteiger partial charge in [-0.3, -0.25) is 4.90 Å². The molecule has 0 spiro atoms. The van der Waals surface area contributed by atoms with Crippen LogP contribution in [0.2, 0.25) is 0 Å². The smallest absolute Gasteiger partial charge is 0.410 e. The van der Waals surface area contributed by atoms with E-state index in [1.807, 2.05) is 30.3 Å². The maximum Gasteiger partial charge on any atom is 0.410 e. The molecular weight excluding hydrogens is 416 g/mol. The minimum Gasteiger partial charge on any atom is -0.465 e. The first-order chi connectivity index (χ1) is 15.6. The SMILES string of the molecule is O=C(OCc1ccccc1)N1CCC(OCc2nc([C@@H]3CCCCN3C(=O)O)no2)CC1. The molecule has 4 rings (SSSR count). The standard InChI is InChI=1S/C22H28N4O6/c27-21(28)26-11-5-4-8-18(26)20-23-19(32-24-20)15-30-17-9-12-25(13-10-17)22(29)31-14-16-6-2-1-3-7-16/h1-3,6-7,17-18H,4-5,8-15H2,(H,27,28)/t18-/m0/s1. The zero-order valence-electron chi connectivity index (χ0n) is 17.9. The van der Waals surface area contributed by atoms with Crippen LogP contribution in [-0.2, 0) is 22.7 Å². The highest BCUT2D eigenvalue weighted by molar-refractivity contribution is 5.67. The lowest BCUT2D eigenvalue weighted by atomic mass is 10.0. The topological polar surface area (TPSA) is 118 Å². The molecule has 10 heteroatoms. The van der Waals surface area contributed by atoms with Gasteiger partial charge in [0, 0.05) is 19.6 Å². The molecule has 172 valence electrons. The third-order valence-corrected chi connectivity index (χ3v) is 5.88. The lowest BCUT2D eigenvalue weighted by molar-refractivity contribution is -0.0130. The summed E-state index contributed by atoms with van der Waals surface area (Å²) in [5.41, 5.74) is 0.956. The number of aromatic nitrogens is 2. The van der Waals surface area contributed by atoms with Crippen molar-refractivity contribution in [3.63, 3.8) is 0 Å². The summed E-state index contributed by atoms with van der Waals surface area (Å²) in [6.45, 7) is 2.02. The van der Waals surface area contributed by atoms with Gasteiger partial charge in [0.2, 0.25) is 0 Å². The monoisotopic (exact) mass is 444 g/mol. The Balaban J connectivity index is 1.20. The Labute approximate surface area is 186 Å². The number of nitrogens with zero attached hydrogens (tertiary/aromatic N) is 4. The van der Waals surface area contributed by atoms with E-state index in [0.29, 0.717) is 50.6 Å². The van der Waals surface area contributed by atoms with Gasteiger partial charge in [-0.15, -0.1) is 0 Å². The van der Waals surface area contributed by atoms with E-state index in [-0.39, 0.29) is 31.5 Å². The summed E-state index contributed by atoms with van der Waals surface area (Å²) in [7, 11) is 0. The van der Waals surface area contributed by atoms with Gasteiger partial charge in [0.05, 0.1) is 12.1 Å². The Bertz CT molecular complexity index is 897. The van der Waals surface area contributed by atoms with Crippen LogP contribution in [0.1, 0.15) is 55.4 Å². The Kier molecular flexibility index (Phi) is 7.21. The zero-order valence-corrected chi connectivity index (χ0v) is 17.9. The molecule has 0 saturated carbocycles. The van der Waals surface area contributed by atoms with Crippen molar-refractivity contribution in [1.29, 1.82) is 0 Å². The van der Waals surface area contributed by atoms with Crippen molar-refractivity contribution in [3.8, 4) is 0 Å². The summed E-state index contributed by atoms with van der Waals surface area (Å²) >= 11 is 0. The van der Waals surface area contributed by atoms with Crippen LogP contribution in [-0.4, -0.2) is 63.0 Å². The number of benzene rings is 1. The molecule has 2 aliphatic heterocycles. The van der Waals surface area contributed by atoms with Crippen molar-refractivity contribution < 1.29 is 28.7 Å². The first-order valence-corrected chi connectivity index (χ1v) is 11.0. The van der Waals surface area contributed by atoms with Gasteiger partial charge in [0.25, 0.3) is 5.89 Å². The van der Waals surface area contributed by atoms with Gasteiger partial charge in [0.1, 0.15) is 13.2 Å². The second-order valence-corrected chi connectivity index (χ2v) is 8.07. The molecule has 0 radical (unpaired) electrons. The highest BCUT2D eigenvalue weighted by Gasteiger charge is 2.31.